The van der Waals surface area contributed by atoms with Crippen molar-refractivity contribution in [3.63, 3.8) is 0 Å². The number of nitrogens with zero attached hydrogens (tertiary/aromatic N) is 4. The zero-order chi connectivity index (χ0) is 23.7. The molecule has 3 aromatic rings. The second-order valence-corrected chi connectivity index (χ2v) is 8.91. The molecular weight excluding hydrogens is 436 g/mol. The molecule has 0 bridgehead atoms. The maximum atomic E-state index is 12.1. The predicted molar refractivity (Wildman–Crippen MR) is 128 cm³/mol. The summed E-state index contributed by atoms with van der Waals surface area (Å²) in [5.74, 6) is -0.185. The number of hydrogen-bond donors (Lipinski definition) is 4. The molecule has 34 heavy (non-hydrogen) atoms. The molecule has 4 heterocycles. The number of carbonyl (C=O) groups excluding carboxylic acids is 1. The van der Waals surface area contributed by atoms with E-state index in [1.54, 1.807) is 0 Å². The van der Waals surface area contributed by atoms with E-state index in [9.17, 15) is 4.79 Å². The quantitative estimate of drug-likeness (QED) is 0.426. The standard InChI is InChI=1S/C23H30N8O3/c1-13-10-18(15-2-6-31(19(15)11-13)14-3-7-33-8-4-14)26-22-20(21(25)32)29-30-23(28-22)27-17-5-9-34-12-16(17)24/h2,6,10-11,14,16-17H,3-5,7-9,12,24H2,1H3,(H2,25,32)(H2,26,27,28,30)/t16-,17+/m0/s1. The molecule has 1 aromatic carbocycles. The summed E-state index contributed by atoms with van der Waals surface area (Å²) in [4.78, 5) is 16.6. The molecule has 2 saturated heterocycles. The zero-order valence-corrected chi connectivity index (χ0v) is 19.2. The van der Waals surface area contributed by atoms with E-state index < -0.39 is 5.91 Å². The van der Waals surface area contributed by atoms with Gasteiger partial charge in [0.2, 0.25) is 5.95 Å². The van der Waals surface area contributed by atoms with Gasteiger partial charge in [-0.2, -0.15) is 4.98 Å². The number of rotatable bonds is 6. The van der Waals surface area contributed by atoms with E-state index in [2.05, 4.69) is 48.7 Å². The van der Waals surface area contributed by atoms with Crippen molar-refractivity contribution in [2.45, 2.75) is 44.3 Å². The van der Waals surface area contributed by atoms with E-state index in [1.807, 2.05) is 13.0 Å². The predicted octanol–water partition coefficient (Wildman–Crippen LogP) is 1.86. The van der Waals surface area contributed by atoms with Gasteiger partial charge >= 0.3 is 0 Å². The second kappa shape index (κ2) is 9.53. The van der Waals surface area contributed by atoms with Gasteiger partial charge in [0.15, 0.2) is 11.5 Å². The molecule has 2 aliphatic heterocycles. The van der Waals surface area contributed by atoms with Crippen LogP contribution in [0.5, 0.6) is 0 Å². The molecule has 0 saturated carbocycles. The highest BCUT2D eigenvalue weighted by molar-refractivity contribution is 5.99. The summed E-state index contributed by atoms with van der Waals surface area (Å²) in [5, 5.41) is 15.6. The van der Waals surface area contributed by atoms with Crippen LogP contribution in [0.15, 0.2) is 24.4 Å². The Balaban J connectivity index is 1.48. The fourth-order valence-corrected chi connectivity index (χ4v) is 4.66. The van der Waals surface area contributed by atoms with E-state index in [4.69, 9.17) is 20.9 Å². The van der Waals surface area contributed by atoms with Crippen molar-refractivity contribution >= 4 is 34.3 Å². The van der Waals surface area contributed by atoms with Gasteiger partial charge in [0.05, 0.1) is 12.1 Å². The number of aryl methyl sites for hydroxylation is 1. The Kier molecular flexibility index (Phi) is 6.31. The smallest absolute Gasteiger partial charge is 0.273 e. The van der Waals surface area contributed by atoms with Crippen LogP contribution < -0.4 is 22.1 Å². The molecule has 6 N–H and O–H groups in total. The van der Waals surface area contributed by atoms with Crippen molar-refractivity contribution in [1.29, 1.82) is 0 Å². The van der Waals surface area contributed by atoms with Crippen molar-refractivity contribution in [1.82, 2.24) is 19.7 Å². The Labute approximate surface area is 197 Å². The first-order valence-corrected chi connectivity index (χ1v) is 11.6. The van der Waals surface area contributed by atoms with Gasteiger partial charge < -0.3 is 36.1 Å². The van der Waals surface area contributed by atoms with Crippen LogP contribution in [0.3, 0.4) is 0 Å². The number of aromatic nitrogens is 4. The minimum Gasteiger partial charge on any atom is -0.381 e. The largest absolute Gasteiger partial charge is 0.381 e. The van der Waals surface area contributed by atoms with Crippen molar-refractivity contribution in [2.24, 2.45) is 11.5 Å². The lowest BCUT2D eigenvalue weighted by Crippen LogP contribution is -2.48. The van der Waals surface area contributed by atoms with Crippen LogP contribution in [-0.4, -0.2) is 64.2 Å². The summed E-state index contributed by atoms with van der Waals surface area (Å²) in [5.41, 5.74) is 14.7. The monoisotopic (exact) mass is 466 g/mol. The lowest BCUT2D eigenvalue weighted by Gasteiger charge is -2.29. The molecule has 0 spiro atoms. The van der Waals surface area contributed by atoms with Crippen LogP contribution >= 0.6 is 0 Å². The topological polar surface area (TPSA) is 155 Å². The van der Waals surface area contributed by atoms with Crippen LogP contribution in [0.25, 0.3) is 10.9 Å². The lowest BCUT2D eigenvalue weighted by molar-refractivity contribution is 0.0707. The zero-order valence-electron chi connectivity index (χ0n) is 19.2. The van der Waals surface area contributed by atoms with Crippen LogP contribution in [0.4, 0.5) is 17.5 Å². The fourth-order valence-electron chi connectivity index (χ4n) is 4.66. The first kappa shape index (κ1) is 22.5. The van der Waals surface area contributed by atoms with Gasteiger partial charge in [-0.25, -0.2) is 0 Å². The van der Waals surface area contributed by atoms with Gasteiger partial charge in [0.25, 0.3) is 5.91 Å². The Bertz CT molecular complexity index is 1190. The summed E-state index contributed by atoms with van der Waals surface area (Å²) < 4.78 is 13.2. The number of hydrogen-bond acceptors (Lipinski definition) is 9. The normalized spacial score (nSPS) is 21.5. The third kappa shape index (κ3) is 4.54. The summed E-state index contributed by atoms with van der Waals surface area (Å²) >= 11 is 0. The molecule has 11 heteroatoms. The average Bonchev–Trinajstić information content (AvgIpc) is 3.25. The molecule has 11 nitrogen and oxygen atoms in total. The van der Waals surface area contributed by atoms with Gasteiger partial charge in [-0.1, -0.05) is 0 Å². The molecular formula is C23H30N8O3. The van der Waals surface area contributed by atoms with Crippen molar-refractivity contribution in [3.05, 3.63) is 35.7 Å². The number of nitrogens with one attached hydrogen (secondary N) is 2. The van der Waals surface area contributed by atoms with E-state index in [1.165, 1.54) is 0 Å². The van der Waals surface area contributed by atoms with Gasteiger partial charge in [-0.3, -0.25) is 4.79 Å². The van der Waals surface area contributed by atoms with Crippen LogP contribution in [0.2, 0.25) is 0 Å². The van der Waals surface area contributed by atoms with E-state index in [0.29, 0.717) is 19.3 Å². The molecule has 180 valence electrons. The molecule has 5 rings (SSSR count). The van der Waals surface area contributed by atoms with Gasteiger partial charge in [0, 0.05) is 55.2 Å². The first-order chi connectivity index (χ1) is 16.5. The van der Waals surface area contributed by atoms with Crippen LogP contribution in [0.1, 0.15) is 41.4 Å². The SMILES string of the molecule is Cc1cc(Nc2nc(N[C@@H]3CCOC[C@@H]3N)nnc2C(N)=O)c2ccn(C3CCOCC3)c2c1. The maximum Gasteiger partial charge on any atom is 0.273 e. The molecule has 2 atom stereocenters. The number of nitrogens with two attached hydrogens (primary N) is 2. The van der Waals surface area contributed by atoms with Crippen LogP contribution in [0, 0.1) is 6.92 Å². The number of carbonyl (C=O) groups is 1. The molecule has 1 amide bonds. The highest BCUT2D eigenvalue weighted by Gasteiger charge is 2.25. The Hall–Kier alpha value is -3.28. The average molecular weight is 467 g/mol. The highest BCUT2D eigenvalue weighted by Crippen LogP contribution is 2.33. The number of primary amides is 1. The molecule has 2 aromatic heterocycles. The van der Waals surface area contributed by atoms with E-state index >= 15 is 0 Å². The summed E-state index contributed by atoms with van der Waals surface area (Å²) in [6.45, 7) is 4.64. The summed E-state index contributed by atoms with van der Waals surface area (Å²) in [7, 11) is 0. The van der Waals surface area contributed by atoms with Crippen molar-refractivity contribution in [3.8, 4) is 0 Å². The third-order valence-corrected chi connectivity index (χ3v) is 6.45. The molecule has 2 aliphatic rings. The Morgan fingerprint density at radius 1 is 1.15 bits per heavy atom. The fraction of sp³-hybridized carbons (Fsp3) is 0.478. The Morgan fingerprint density at radius 2 is 1.94 bits per heavy atom. The van der Waals surface area contributed by atoms with Crippen molar-refractivity contribution in [2.75, 3.05) is 37.1 Å². The first-order valence-electron chi connectivity index (χ1n) is 11.6. The minimum atomic E-state index is -0.708. The second-order valence-electron chi connectivity index (χ2n) is 8.91. The maximum absolute atomic E-state index is 12.1. The molecule has 0 radical (unpaired) electrons. The van der Waals surface area contributed by atoms with Crippen molar-refractivity contribution < 1.29 is 14.3 Å². The lowest BCUT2D eigenvalue weighted by atomic mass is 10.1. The number of fused-ring (bicyclic) bond motifs is 1. The molecule has 2 fully saturated rings. The van der Waals surface area contributed by atoms with Gasteiger partial charge in [0.1, 0.15) is 0 Å². The number of ether oxygens (including phenoxy) is 2. The number of amides is 1. The van der Waals surface area contributed by atoms with Crippen LogP contribution in [-0.2, 0) is 9.47 Å². The molecule has 0 unspecified atom stereocenters. The number of anilines is 3. The minimum absolute atomic E-state index is 0.0275. The Morgan fingerprint density at radius 3 is 2.71 bits per heavy atom. The third-order valence-electron chi connectivity index (χ3n) is 6.45. The van der Waals surface area contributed by atoms with E-state index in [0.717, 1.165) is 54.6 Å². The number of benzene rings is 1. The summed E-state index contributed by atoms with van der Waals surface area (Å²) in [6, 6.07) is 6.41. The van der Waals surface area contributed by atoms with Gasteiger partial charge in [-0.05, 0) is 49.9 Å². The summed E-state index contributed by atoms with van der Waals surface area (Å²) in [6.07, 6.45) is 4.79. The van der Waals surface area contributed by atoms with E-state index in [-0.39, 0.29) is 29.5 Å². The van der Waals surface area contributed by atoms with Gasteiger partial charge in [-0.15, -0.1) is 10.2 Å². The molecule has 0 aliphatic carbocycles. The highest BCUT2D eigenvalue weighted by atomic mass is 16.5.